The van der Waals surface area contributed by atoms with E-state index in [9.17, 15) is 14.9 Å². The van der Waals surface area contributed by atoms with E-state index in [2.05, 4.69) is 10.2 Å². The Balaban J connectivity index is 2.20. The third-order valence-electron chi connectivity index (χ3n) is 2.50. The predicted octanol–water partition coefficient (Wildman–Crippen LogP) is -0.205. The minimum Gasteiger partial charge on any atom is -0.340 e. The first-order valence-electron chi connectivity index (χ1n) is 5.39. The van der Waals surface area contributed by atoms with E-state index in [-0.39, 0.29) is 5.91 Å². The van der Waals surface area contributed by atoms with Crippen molar-refractivity contribution in [3.05, 3.63) is 10.1 Å². The van der Waals surface area contributed by atoms with Crippen LogP contribution in [0.25, 0.3) is 0 Å². The maximum Gasteiger partial charge on any atom is 0.294 e. The molecule has 0 aromatic carbocycles. The van der Waals surface area contributed by atoms with Gasteiger partial charge in [0.25, 0.3) is 5.09 Å². The zero-order chi connectivity index (χ0) is 12.0. The number of carbonyl (C=O) groups excluding carboxylic acids is 1. The highest BCUT2D eigenvalue weighted by Crippen LogP contribution is 2.05. The quantitative estimate of drug-likeness (QED) is 0.523. The van der Waals surface area contributed by atoms with Crippen molar-refractivity contribution < 1.29 is 14.7 Å². The summed E-state index contributed by atoms with van der Waals surface area (Å²) in [5, 5.41) is 12.4. The van der Waals surface area contributed by atoms with Gasteiger partial charge in [-0.15, -0.1) is 10.1 Å². The molecule has 7 nitrogen and oxygen atoms in total. The van der Waals surface area contributed by atoms with Crippen LogP contribution in [-0.4, -0.2) is 48.2 Å². The van der Waals surface area contributed by atoms with E-state index in [1.807, 2.05) is 0 Å². The van der Waals surface area contributed by atoms with Crippen LogP contribution in [0.1, 0.15) is 19.8 Å². The van der Waals surface area contributed by atoms with Gasteiger partial charge in [-0.1, -0.05) is 0 Å². The molecule has 1 aliphatic heterocycles. The SMILES string of the molecule is CC(CCC(=O)N1CCNCC1)O[N+](=O)[O-]. The van der Waals surface area contributed by atoms with Crippen molar-refractivity contribution in [1.82, 2.24) is 10.2 Å². The van der Waals surface area contributed by atoms with Gasteiger partial charge in [-0.3, -0.25) is 4.79 Å². The van der Waals surface area contributed by atoms with Gasteiger partial charge in [0.15, 0.2) is 0 Å². The van der Waals surface area contributed by atoms with Gasteiger partial charge in [0.1, 0.15) is 6.10 Å². The van der Waals surface area contributed by atoms with Gasteiger partial charge in [-0.2, -0.15) is 0 Å². The summed E-state index contributed by atoms with van der Waals surface area (Å²) in [5.74, 6) is 0.0419. The number of hydrogen-bond donors (Lipinski definition) is 1. The predicted molar refractivity (Wildman–Crippen MR) is 56.2 cm³/mol. The van der Waals surface area contributed by atoms with Crippen LogP contribution in [0.15, 0.2) is 0 Å². The molecule has 0 aromatic heterocycles. The second-order valence-corrected chi connectivity index (χ2v) is 3.81. The normalized spacial score (nSPS) is 17.9. The molecule has 0 radical (unpaired) electrons. The van der Waals surface area contributed by atoms with Crippen LogP contribution >= 0.6 is 0 Å². The van der Waals surface area contributed by atoms with Crippen LogP contribution in [0.4, 0.5) is 0 Å². The number of piperazine rings is 1. The molecular formula is C9H17N3O4. The highest BCUT2D eigenvalue weighted by Gasteiger charge is 2.17. The summed E-state index contributed by atoms with van der Waals surface area (Å²) in [6.45, 7) is 4.64. The molecule has 1 N–H and O–H groups in total. The van der Waals surface area contributed by atoms with Gasteiger partial charge in [-0.05, 0) is 13.3 Å². The number of nitrogens with zero attached hydrogens (tertiary/aromatic N) is 2. The molecule has 1 fully saturated rings. The van der Waals surface area contributed by atoms with Gasteiger partial charge >= 0.3 is 0 Å². The first-order valence-corrected chi connectivity index (χ1v) is 5.39. The van der Waals surface area contributed by atoms with E-state index < -0.39 is 11.2 Å². The zero-order valence-electron chi connectivity index (χ0n) is 9.35. The van der Waals surface area contributed by atoms with Crippen LogP contribution < -0.4 is 5.32 Å². The van der Waals surface area contributed by atoms with Gasteiger partial charge < -0.3 is 15.1 Å². The summed E-state index contributed by atoms with van der Waals surface area (Å²) in [5.41, 5.74) is 0. The Labute approximate surface area is 93.8 Å². The molecule has 0 aromatic rings. The molecule has 0 saturated carbocycles. The van der Waals surface area contributed by atoms with E-state index in [0.29, 0.717) is 25.9 Å². The molecule has 1 heterocycles. The Morgan fingerprint density at radius 3 is 2.75 bits per heavy atom. The molecule has 1 unspecified atom stereocenters. The van der Waals surface area contributed by atoms with Gasteiger partial charge in [0.05, 0.1) is 0 Å². The lowest BCUT2D eigenvalue weighted by Gasteiger charge is -2.27. The summed E-state index contributed by atoms with van der Waals surface area (Å²) in [6, 6.07) is 0. The fourth-order valence-electron chi connectivity index (χ4n) is 1.60. The highest BCUT2D eigenvalue weighted by atomic mass is 17.0. The molecule has 7 heteroatoms. The van der Waals surface area contributed by atoms with Crippen molar-refractivity contribution in [3.63, 3.8) is 0 Å². The number of rotatable bonds is 5. The Kier molecular flexibility index (Phi) is 4.97. The Morgan fingerprint density at radius 2 is 2.19 bits per heavy atom. The van der Waals surface area contributed by atoms with Crippen molar-refractivity contribution in [2.24, 2.45) is 0 Å². The van der Waals surface area contributed by atoms with E-state index in [1.165, 1.54) is 0 Å². The number of carbonyl (C=O) groups is 1. The highest BCUT2D eigenvalue weighted by molar-refractivity contribution is 5.76. The second-order valence-electron chi connectivity index (χ2n) is 3.81. The number of amides is 1. The first kappa shape index (κ1) is 12.7. The van der Waals surface area contributed by atoms with Crippen LogP contribution in [0.3, 0.4) is 0 Å². The molecule has 1 saturated heterocycles. The minimum atomic E-state index is -0.819. The Bertz CT molecular complexity index is 253. The molecule has 1 rings (SSSR count). The fourth-order valence-corrected chi connectivity index (χ4v) is 1.60. The van der Waals surface area contributed by atoms with Crippen molar-refractivity contribution in [2.75, 3.05) is 26.2 Å². The van der Waals surface area contributed by atoms with Crippen molar-refractivity contribution in [3.8, 4) is 0 Å². The average Bonchev–Trinajstić information content (AvgIpc) is 2.26. The van der Waals surface area contributed by atoms with Crippen LogP contribution in [0, 0.1) is 10.1 Å². The molecule has 1 aliphatic rings. The zero-order valence-corrected chi connectivity index (χ0v) is 9.35. The summed E-state index contributed by atoms with van der Waals surface area (Å²) >= 11 is 0. The lowest BCUT2D eigenvalue weighted by Crippen LogP contribution is -2.46. The average molecular weight is 231 g/mol. The van der Waals surface area contributed by atoms with E-state index in [4.69, 9.17) is 0 Å². The lowest BCUT2D eigenvalue weighted by atomic mass is 10.2. The summed E-state index contributed by atoms with van der Waals surface area (Å²) in [4.78, 5) is 27.8. The van der Waals surface area contributed by atoms with Gasteiger partial charge in [-0.25, -0.2) is 0 Å². The van der Waals surface area contributed by atoms with Gasteiger partial charge in [0.2, 0.25) is 5.91 Å². The van der Waals surface area contributed by atoms with Gasteiger partial charge in [0, 0.05) is 32.6 Å². The molecule has 0 spiro atoms. The molecule has 0 aliphatic carbocycles. The van der Waals surface area contributed by atoms with Crippen LogP contribution in [0.5, 0.6) is 0 Å². The number of hydrogen-bond acceptors (Lipinski definition) is 5. The van der Waals surface area contributed by atoms with Crippen molar-refractivity contribution in [1.29, 1.82) is 0 Å². The van der Waals surface area contributed by atoms with Crippen molar-refractivity contribution in [2.45, 2.75) is 25.9 Å². The molecule has 92 valence electrons. The standard InChI is InChI=1S/C9H17N3O4/c1-8(16-12(14)15)2-3-9(13)11-6-4-10-5-7-11/h8,10H,2-7H2,1H3. The Morgan fingerprint density at radius 1 is 1.56 bits per heavy atom. The van der Waals surface area contributed by atoms with E-state index in [0.717, 1.165) is 13.1 Å². The van der Waals surface area contributed by atoms with E-state index in [1.54, 1.807) is 11.8 Å². The third kappa shape index (κ3) is 4.43. The van der Waals surface area contributed by atoms with E-state index >= 15 is 0 Å². The van der Waals surface area contributed by atoms with Crippen LogP contribution in [0.2, 0.25) is 0 Å². The molecular weight excluding hydrogens is 214 g/mol. The summed E-state index contributed by atoms with van der Waals surface area (Å²) in [7, 11) is 0. The second kappa shape index (κ2) is 6.26. The fraction of sp³-hybridized carbons (Fsp3) is 0.889. The third-order valence-corrected chi connectivity index (χ3v) is 2.50. The molecule has 1 amide bonds. The monoisotopic (exact) mass is 231 g/mol. The maximum absolute atomic E-state index is 11.7. The van der Waals surface area contributed by atoms with Crippen molar-refractivity contribution >= 4 is 5.91 Å². The molecule has 16 heavy (non-hydrogen) atoms. The molecule has 1 atom stereocenters. The minimum absolute atomic E-state index is 0.0419. The Hall–Kier alpha value is -1.37. The smallest absolute Gasteiger partial charge is 0.294 e. The summed E-state index contributed by atoms with van der Waals surface area (Å²) < 4.78 is 0. The number of nitrogens with one attached hydrogen (secondary N) is 1. The maximum atomic E-state index is 11.7. The topological polar surface area (TPSA) is 84.7 Å². The summed E-state index contributed by atoms with van der Waals surface area (Å²) in [6.07, 6.45) is 0.153. The van der Waals surface area contributed by atoms with Crippen LogP contribution in [-0.2, 0) is 9.63 Å². The first-order chi connectivity index (χ1) is 7.59. The molecule has 0 bridgehead atoms. The lowest BCUT2D eigenvalue weighted by molar-refractivity contribution is -0.767. The largest absolute Gasteiger partial charge is 0.340 e.